The third-order valence-corrected chi connectivity index (χ3v) is 7.39. The van der Waals surface area contributed by atoms with Crippen molar-refractivity contribution in [3.8, 4) is 0 Å². The van der Waals surface area contributed by atoms with Crippen molar-refractivity contribution in [1.82, 2.24) is 4.90 Å². The van der Waals surface area contributed by atoms with Crippen LogP contribution in [0.2, 0.25) is 0 Å². The van der Waals surface area contributed by atoms with Crippen molar-refractivity contribution in [2.24, 2.45) is 5.92 Å². The van der Waals surface area contributed by atoms with Crippen molar-refractivity contribution in [2.45, 2.75) is 18.9 Å². The highest BCUT2D eigenvalue weighted by Gasteiger charge is 2.38. The highest BCUT2D eigenvalue weighted by atomic mass is 32.2. The number of hydrogen-bond donors (Lipinski definition) is 1. The third kappa shape index (κ3) is 4.93. The molecule has 1 aromatic rings. The fraction of sp³-hybridized carbons (Fsp3) is 0.350. The largest absolute Gasteiger partial charge is 0.480 e. The molecule has 2 fully saturated rings. The lowest BCUT2D eigenvalue weighted by Gasteiger charge is -2.20. The van der Waals surface area contributed by atoms with Crippen molar-refractivity contribution in [3.05, 3.63) is 40.3 Å². The van der Waals surface area contributed by atoms with Gasteiger partial charge >= 0.3 is 11.9 Å². The molecular formula is C20H19NO6S3. The van der Waals surface area contributed by atoms with Gasteiger partial charge in [0.2, 0.25) is 5.91 Å². The fourth-order valence-corrected chi connectivity index (χ4v) is 5.84. The first-order chi connectivity index (χ1) is 14.3. The van der Waals surface area contributed by atoms with Gasteiger partial charge in [0.05, 0.1) is 33.6 Å². The summed E-state index contributed by atoms with van der Waals surface area (Å²) in [5, 5.41) is 9.21. The van der Waals surface area contributed by atoms with Crippen molar-refractivity contribution >= 4 is 69.6 Å². The maximum atomic E-state index is 12.8. The number of carboxylic acid groups (broad SMARTS) is 1. The summed E-state index contributed by atoms with van der Waals surface area (Å²) >= 11 is 7.96. The zero-order valence-corrected chi connectivity index (χ0v) is 18.5. The van der Waals surface area contributed by atoms with E-state index in [1.807, 2.05) is 0 Å². The Bertz CT molecular complexity index is 927. The molecule has 30 heavy (non-hydrogen) atoms. The minimum Gasteiger partial charge on any atom is -0.480 e. The van der Waals surface area contributed by atoms with Gasteiger partial charge in [-0.1, -0.05) is 36.1 Å². The van der Waals surface area contributed by atoms with Crippen LogP contribution in [0.3, 0.4) is 0 Å². The Balaban J connectivity index is 1.63. The van der Waals surface area contributed by atoms with E-state index in [1.54, 1.807) is 30.3 Å². The summed E-state index contributed by atoms with van der Waals surface area (Å²) in [6.45, 7) is 0. The number of ether oxygens (including phenoxy) is 1. The average molecular weight is 466 g/mol. The molecule has 2 heterocycles. The number of aliphatic carboxylic acids is 1. The monoisotopic (exact) mass is 465 g/mol. The number of nitrogens with zero attached hydrogens (tertiary/aromatic N) is 1. The quantitative estimate of drug-likeness (QED) is 0.386. The summed E-state index contributed by atoms with van der Waals surface area (Å²) in [5.74, 6) is -1.69. The van der Waals surface area contributed by atoms with E-state index in [-0.39, 0.29) is 24.5 Å². The van der Waals surface area contributed by atoms with Gasteiger partial charge < -0.3 is 14.7 Å². The number of methoxy groups -OCH3 is 1. The van der Waals surface area contributed by atoms with Gasteiger partial charge in [-0.05, 0) is 30.2 Å². The SMILES string of the molecule is COC(=O)c1ccc(C=C2SC(=S)C(CCC(=O)N3CSCC3C(=O)O)C2=O)cc1. The van der Waals surface area contributed by atoms with E-state index in [0.717, 1.165) is 5.56 Å². The molecule has 2 unspecified atom stereocenters. The molecule has 0 aromatic heterocycles. The molecule has 2 saturated heterocycles. The maximum absolute atomic E-state index is 12.8. The predicted octanol–water partition coefficient (Wildman–Crippen LogP) is 2.84. The second-order valence-corrected chi connectivity index (χ2v) is 9.50. The number of carbonyl (C=O) groups excluding carboxylic acids is 3. The van der Waals surface area contributed by atoms with Crippen molar-refractivity contribution in [2.75, 3.05) is 18.7 Å². The predicted molar refractivity (Wildman–Crippen MR) is 119 cm³/mol. The molecular weight excluding hydrogens is 446 g/mol. The fourth-order valence-electron chi connectivity index (χ4n) is 3.15. The van der Waals surface area contributed by atoms with Crippen LogP contribution in [0.25, 0.3) is 6.08 Å². The van der Waals surface area contributed by atoms with Crippen LogP contribution in [0.4, 0.5) is 0 Å². The summed E-state index contributed by atoms with van der Waals surface area (Å²) in [6.07, 6.45) is 2.04. The first kappa shape index (κ1) is 22.5. The average Bonchev–Trinajstić information content (AvgIpc) is 3.32. The van der Waals surface area contributed by atoms with Crippen molar-refractivity contribution < 1.29 is 29.0 Å². The zero-order valence-electron chi connectivity index (χ0n) is 16.0. The van der Waals surface area contributed by atoms with E-state index in [1.165, 1.54) is 35.5 Å². The van der Waals surface area contributed by atoms with Crippen LogP contribution in [0.5, 0.6) is 0 Å². The van der Waals surface area contributed by atoms with Crippen LogP contribution in [-0.2, 0) is 19.1 Å². The lowest BCUT2D eigenvalue weighted by atomic mass is 9.98. The van der Waals surface area contributed by atoms with E-state index >= 15 is 0 Å². The Hall–Kier alpha value is -2.17. The molecule has 10 heteroatoms. The molecule has 2 aliphatic heterocycles. The summed E-state index contributed by atoms with van der Waals surface area (Å²) in [7, 11) is 1.31. The number of ketones is 1. The topological polar surface area (TPSA) is 101 Å². The second-order valence-electron chi connectivity index (χ2n) is 6.72. The number of Topliss-reactive ketones (excluding diaryl/α,β-unsaturated/α-hetero) is 1. The Kier molecular flexibility index (Phi) is 7.32. The number of amides is 1. The summed E-state index contributed by atoms with van der Waals surface area (Å²) in [6, 6.07) is 5.84. The molecule has 0 aliphatic carbocycles. The standard InChI is InChI=1S/C20H19NO6S3/c1-27-19(26)12-4-2-11(3-5-12)8-15-17(23)13(20(28)30-15)6-7-16(22)21-10-29-9-14(21)18(24)25/h2-5,8,13-14H,6-7,9-10H2,1H3,(H,24,25). The Labute approximate surface area is 187 Å². The van der Waals surface area contributed by atoms with Gasteiger partial charge in [-0.2, -0.15) is 0 Å². The highest BCUT2D eigenvalue weighted by Crippen LogP contribution is 2.38. The van der Waals surface area contributed by atoms with Crippen molar-refractivity contribution in [3.63, 3.8) is 0 Å². The van der Waals surface area contributed by atoms with E-state index in [0.29, 0.717) is 26.3 Å². The summed E-state index contributed by atoms with van der Waals surface area (Å²) in [4.78, 5) is 49.8. The normalized spacial score (nSPS) is 22.6. The van der Waals surface area contributed by atoms with Crippen LogP contribution >= 0.6 is 35.7 Å². The molecule has 2 atom stereocenters. The first-order valence-corrected chi connectivity index (χ1v) is 11.5. The van der Waals surface area contributed by atoms with Gasteiger partial charge in [-0.3, -0.25) is 9.59 Å². The Morgan fingerprint density at radius 2 is 2.00 bits per heavy atom. The Morgan fingerprint density at radius 1 is 1.30 bits per heavy atom. The molecule has 1 N–H and O–H groups in total. The van der Waals surface area contributed by atoms with Crippen LogP contribution in [0, 0.1) is 5.92 Å². The number of thiocarbonyl (C=S) groups is 1. The van der Waals surface area contributed by atoms with E-state index in [2.05, 4.69) is 4.74 Å². The minimum atomic E-state index is -1.01. The lowest BCUT2D eigenvalue weighted by Crippen LogP contribution is -2.41. The van der Waals surface area contributed by atoms with Gasteiger partial charge in [0.15, 0.2) is 5.78 Å². The number of carbonyl (C=O) groups is 4. The maximum Gasteiger partial charge on any atom is 0.337 e. The van der Waals surface area contributed by atoms with Gasteiger partial charge in [0, 0.05) is 12.2 Å². The first-order valence-electron chi connectivity index (χ1n) is 9.08. The number of benzene rings is 1. The second kappa shape index (κ2) is 9.76. The molecule has 0 bridgehead atoms. The van der Waals surface area contributed by atoms with Crippen molar-refractivity contribution in [1.29, 1.82) is 0 Å². The number of allylic oxidation sites excluding steroid dienone is 1. The van der Waals surface area contributed by atoms with Crippen LogP contribution < -0.4 is 0 Å². The van der Waals surface area contributed by atoms with Crippen LogP contribution in [0.15, 0.2) is 29.2 Å². The lowest BCUT2D eigenvalue weighted by molar-refractivity contribution is -0.147. The van der Waals surface area contributed by atoms with Crippen LogP contribution in [-0.4, -0.2) is 62.6 Å². The number of thioether (sulfide) groups is 2. The Morgan fingerprint density at radius 3 is 2.63 bits per heavy atom. The molecule has 3 rings (SSSR count). The molecule has 0 radical (unpaired) electrons. The number of carboxylic acids is 1. The van der Waals surface area contributed by atoms with E-state index < -0.39 is 23.9 Å². The van der Waals surface area contributed by atoms with E-state index in [4.69, 9.17) is 12.2 Å². The zero-order chi connectivity index (χ0) is 21.8. The summed E-state index contributed by atoms with van der Waals surface area (Å²) in [5.41, 5.74) is 1.16. The van der Waals surface area contributed by atoms with Gasteiger partial charge in [0.1, 0.15) is 6.04 Å². The van der Waals surface area contributed by atoms with Gasteiger partial charge in [0.25, 0.3) is 0 Å². The molecule has 2 aliphatic rings. The molecule has 7 nitrogen and oxygen atoms in total. The smallest absolute Gasteiger partial charge is 0.337 e. The molecule has 0 saturated carbocycles. The third-order valence-electron chi connectivity index (χ3n) is 4.82. The molecule has 0 spiro atoms. The van der Waals surface area contributed by atoms with Gasteiger partial charge in [-0.25, -0.2) is 9.59 Å². The molecule has 1 amide bonds. The van der Waals surface area contributed by atoms with Crippen LogP contribution in [0.1, 0.15) is 28.8 Å². The molecule has 1 aromatic carbocycles. The van der Waals surface area contributed by atoms with E-state index in [9.17, 15) is 24.3 Å². The number of hydrogen-bond acceptors (Lipinski definition) is 8. The minimum absolute atomic E-state index is 0.0720. The van der Waals surface area contributed by atoms with Gasteiger partial charge in [-0.15, -0.1) is 11.8 Å². The summed E-state index contributed by atoms with van der Waals surface area (Å²) < 4.78 is 5.17. The number of esters is 1. The number of rotatable bonds is 6. The molecule has 158 valence electrons. The highest BCUT2D eigenvalue weighted by molar-refractivity contribution is 8.27.